The van der Waals surface area contributed by atoms with E-state index in [1.54, 1.807) is 6.92 Å². The number of hydrogen-bond acceptors (Lipinski definition) is 1. The highest BCUT2D eigenvalue weighted by Gasteiger charge is 2.53. The van der Waals surface area contributed by atoms with Crippen LogP contribution in [0.25, 0.3) is 0 Å². The molecule has 0 spiro atoms. The van der Waals surface area contributed by atoms with E-state index in [4.69, 9.17) is 0 Å². The predicted molar refractivity (Wildman–Crippen MR) is 48.7 cm³/mol. The van der Waals surface area contributed by atoms with Crippen LogP contribution in [0.1, 0.15) is 27.2 Å². The molecular formula is C11H16O. The Hall–Kier alpha value is -0.590. The maximum absolute atomic E-state index is 11.5. The summed E-state index contributed by atoms with van der Waals surface area (Å²) in [5, 5.41) is 0. The van der Waals surface area contributed by atoms with Crippen molar-refractivity contribution in [1.29, 1.82) is 0 Å². The summed E-state index contributed by atoms with van der Waals surface area (Å²) in [7, 11) is 0. The van der Waals surface area contributed by atoms with E-state index in [-0.39, 0.29) is 5.41 Å². The van der Waals surface area contributed by atoms with Crippen LogP contribution < -0.4 is 0 Å². The number of carbonyl (C=O) groups excluding carboxylic acids is 1. The van der Waals surface area contributed by atoms with Gasteiger partial charge in [0.1, 0.15) is 5.78 Å². The van der Waals surface area contributed by atoms with Crippen molar-refractivity contribution in [3.8, 4) is 0 Å². The fraction of sp³-hybridized carbons (Fsp3) is 0.727. The van der Waals surface area contributed by atoms with E-state index in [1.165, 1.54) is 0 Å². The van der Waals surface area contributed by atoms with Crippen LogP contribution in [0.15, 0.2) is 12.2 Å². The molecule has 4 unspecified atom stereocenters. The molecular weight excluding hydrogens is 148 g/mol. The summed E-state index contributed by atoms with van der Waals surface area (Å²) in [6.07, 6.45) is 5.47. The molecule has 0 aromatic carbocycles. The molecule has 0 heterocycles. The molecule has 0 radical (unpaired) electrons. The average Bonchev–Trinajstić information content (AvgIpc) is 2.53. The molecule has 1 heteroatoms. The summed E-state index contributed by atoms with van der Waals surface area (Å²) in [4.78, 5) is 11.5. The molecule has 66 valence electrons. The van der Waals surface area contributed by atoms with Gasteiger partial charge in [-0.1, -0.05) is 26.0 Å². The van der Waals surface area contributed by atoms with E-state index in [1.807, 2.05) is 0 Å². The van der Waals surface area contributed by atoms with Crippen molar-refractivity contribution < 1.29 is 4.79 Å². The van der Waals surface area contributed by atoms with Crippen molar-refractivity contribution in [3.63, 3.8) is 0 Å². The Kier molecular flexibility index (Phi) is 1.48. The lowest BCUT2D eigenvalue weighted by molar-refractivity contribution is -0.125. The first kappa shape index (κ1) is 8.03. The second kappa shape index (κ2) is 2.21. The van der Waals surface area contributed by atoms with Gasteiger partial charge in [-0.2, -0.15) is 0 Å². The Morgan fingerprint density at radius 1 is 1.50 bits per heavy atom. The zero-order valence-electron chi connectivity index (χ0n) is 8.00. The largest absolute Gasteiger partial charge is 0.299 e. The van der Waals surface area contributed by atoms with Crippen molar-refractivity contribution in [1.82, 2.24) is 0 Å². The summed E-state index contributed by atoms with van der Waals surface area (Å²) in [5.74, 6) is 2.27. The van der Waals surface area contributed by atoms with Gasteiger partial charge in [0, 0.05) is 5.41 Å². The highest BCUT2D eigenvalue weighted by molar-refractivity contribution is 5.86. The first-order chi connectivity index (χ1) is 5.58. The number of hydrogen-bond donors (Lipinski definition) is 0. The number of carbonyl (C=O) groups is 1. The van der Waals surface area contributed by atoms with Crippen LogP contribution in [0.3, 0.4) is 0 Å². The molecule has 0 aromatic heterocycles. The molecule has 1 nitrogen and oxygen atoms in total. The molecule has 4 atom stereocenters. The van der Waals surface area contributed by atoms with Gasteiger partial charge in [-0.05, 0) is 31.1 Å². The van der Waals surface area contributed by atoms with E-state index in [9.17, 15) is 4.79 Å². The SMILES string of the molecule is CC(=O)C12C=CC(C1)C(C)C2C. The molecule has 2 rings (SSSR count). The lowest BCUT2D eigenvalue weighted by Gasteiger charge is -2.29. The number of rotatable bonds is 1. The van der Waals surface area contributed by atoms with Gasteiger partial charge in [0.15, 0.2) is 0 Å². The van der Waals surface area contributed by atoms with Crippen molar-refractivity contribution >= 4 is 5.78 Å². The van der Waals surface area contributed by atoms with Crippen LogP contribution in [-0.2, 0) is 4.79 Å². The molecule has 2 bridgehead atoms. The minimum absolute atomic E-state index is 0.0793. The van der Waals surface area contributed by atoms with Gasteiger partial charge >= 0.3 is 0 Å². The van der Waals surface area contributed by atoms with E-state index in [2.05, 4.69) is 26.0 Å². The van der Waals surface area contributed by atoms with Gasteiger partial charge in [-0.25, -0.2) is 0 Å². The second-order valence-electron chi connectivity index (χ2n) is 4.47. The molecule has 0 N–H and O–H groups in total. The number of allylic oxidation sites excluding steroid dienone is 2. The topological polar surface area (TPSA) is 17.1 Å². The van der Waals surface area contributed by atoms with Crippen LogP contribution in [0.5, 0.6) is 0 Å². The minimum Gasteiger partial charge on any atom is -0.299 e. The maximum atomic E-state index is 11.5. The van der Waals surface area contributed by atoms with Gasteiger partial charge in [0.2, 0.25) is 0 Å². The lowest BCUT2D eigenvalue weighted by Crippen LogP contribution is -2.31. The van der Waals surface area contributed by atoms with Gasteiger partial charge in [-0.3, -0.25) is 4.79 Å². The van der Waals surface area contributed by atoms with E-state index in [0.717, 1.165) is 6.42 Å². The summed E-state index contributed by atoms with van der Waals surface area (Å²) in [6.45, 7) is 6.22. The molecule has 0 amide bonds. The fourth-order valence-corrected chi connectivity index (χ4v) is 2.94. The third-order valence-corrected chi connectivity index (χ3v) is 4.15. The van der Waals surface area contributed by atoms with Crippen LogP contribution in [0.4, 0.5) is 0 Å². The molecule has 0 saturated heterocycles. The smallest absolute Gasteiger partial charge is 0.140 e. The third kappa shape index (κ3) is 0.720. The Labute approximate surface area is 73.8 Å². The van der Waals surface area contributed by atoms with Gasteiger partial charge in [-0.15, -0.1) is 0 Å². The molecule has 12 heavy (non-hydrogen) atoms. The molecule has 2 aliphatic carbocycles. The summed E-state index contributed by atoms with van der Waals surface area (Å²) >= 11 is 0. The van der Waals surface area contributed by atoms with Gasteiger partial charge in [0.05, 0.1) is 0 Å². The van der Waals surface area contributed by atoms with Crippen molar-refractivity contribution in [2.75, 3.05) is 0 Å². The van der Waals surface area contributed by atoms with E-state index < -0.39 is 0 Å². The molecule has 0 aliphatic heterocycles. The highest BCUT2D eigenvalue weighted by Crippen LogP contribution is 2.56. The molecule has 2 aliphatic rings. The molecule has 1 fully saturated rings. The Morgan fingerprint density at radius 3 is 2.50 bits per heavy atom. The van der Waals surface area contributed by atoms with Gasteiger partial charge in [0.25, 0.3) is 0 Å². The third-order valence-electron chi connectivity index (χ3n) is 4.15. The van der Waals surface area contributed by atoms with Crippen LogP contribution in [-0.4, -0.2) is 5.78 Å². The van der Waals surface area contributed by atoms with Crippen LogP contribution in [0.2, 0.25) is 0 Å². The van der Waals surface area contributed by atoms with Crippen LogP contribution in [0, 0.1) is 23.2 Å². The first-order valence-corrected chi connectivity index (χ1v) is 4.78. The zero-order chi connectivity index (χ0) is 8.93. The second-order valence-corrected chi connectivity index (χ2v) is 4.47. The Morgan fingerprint density at radius 2 is 2.17 bits per heavy atom. The maximum Gasteiger partial charge on any atom is 0.140 e. The van der Waals surface area contributed by atoms with Crippen molar-refractivity contribution in [3.05, 3.63) is 12.2 Å². The normalized spacial score (nSPS) is 50.1. The van der Waals surface area contributed by atoms with Gasteiger partial charge < -0.3 is 0 Å². The monoisotopic (exact) mass is 164 g/mol. The highest BCUT2D eigenvalue weighted by atomic mass is 16.1. The van der Waals surface area contributed by atoms with Crippen molar-refractivity contribution in [2.45, 2.75) is 27.2 Å². The molecule has 0 aromatic rings. The zero-order valence-corrected chi connectivity index (χ0v) is 8.00. The predicted octanol–water partition coefficient (Wildman–Crippen LogP) is 2.42. The first-order valence-electron chi connectivity index (χ1n) is 4.78. The van der Waals surface area contributed by atoms with Crippen LogP contribution >= 0.6 is 0 Å². The number of Topliss-reactive ketones (excluding diaryl/α,β-unsaturated/α-hetero) is 1. The number of ketones is 1. The summed E-state index contributed by atoms with van der Waals surface area (Å²) in [5.41, 5.74) is -0.0793. The standard InChI is InChI=1S/C11H16O/c1-7-8(2)11(9(3)12)5-4-10(7)6-11/h4-5,7-8,10H,6H2,1-3H3. The van der Waals surface area contributed by atoms with E-state index in [0.29, 0.717) is 23.5 Å². The average molecular weight is 164 g/mol. The number of fused-ring (bicyclic) bond motifs is 2. The Balaban J connectivity index is 2.40. The van der Waals surface area contributed by atoms with Crippen molar-refractivity contribution in [2.24, 2.45) is 23.2 Å². The Bertz CT molecular complexity index is 254. The quantitative estimate of drug-likeness (QED) is 0.544. The van der Waals surface area contributed by atoms with E-state index >= 15 is 0 Å². The molecule has 1 saturated carbocycles. The lowest BCUT2D eigenvalue weighted by atomic mass is 9.73. The summed E-state index contributed by atoms with van der Waals surface area (Å²) < 4.78 is 0. The minimum atomic E-state index is -0.0793. The summed E-state index contributed by atoms with van der Waals surface area (Å²) in [6, 6.07) is 0. The fourth-order valence-electron chi connectivity index (χ4n) is 2.94.